The number of carbonyl (C=O) groups excluding carboxylic acids is 1. The van der Waals surface area contributed by atoms with Crippen molar-refractivity contribution in [2.45, 2.75) is 47.0 Å². The maximum absolute atomic E-state index is 12.4. The molecule has 27 heavy (non-hydrogen) atoms. The zero-order chi connectivity index (χ0) is 19.4. The van der Waals surface area contributed by atoms with Crippen molar-refractivity contribution in [1.29, 1.82) is 0 Å². The Morgan fingerprint density at radius 1 is 1.15 bits per heavy atom. The van der Waals surface area contributed by atoms with Crippen LogP contribution in [0.1, 0.15) is 43.6 Å². The van der Waals surface area contributed by atoms with Crippen LogP contribution in [0.5, 0.6) is 0 Å². The third kappa shape index (κ3) is 4.78. The summed E-state index contributed by atoms with van der Waals surface area (Å²) in [6, 6.07) is 1.73. The summed E-state index contributed by atoms with van der Waals surface area (Å²) in [5.41, 5.74) is 3.38. The van der Waals surface area contributed by atoms with Gasteiger partial charge in [0.1, 0.15) is 0 Å². The summed E-state index contributed by atoms with van der Waals surface area (Å²) < 4.78 is 0. The minimum Gasteiger partial charge on any atom is -0.341 e. The van der Waals surface area contributed by atoms with E-state index in [0.717, 1.165) is 49.7 Å². The normalized spacial score (nSPS) is 15.2. The lowest BCUT2D eigenvalue weighted by Gasteiger charge is -2.31. The number of hydrogen-bond donors (Lipinski definition) is 1. The van der Waals surface area contributed by atoms with Gasteiger partial charge in [0.25, 0.3) is 0 Å². The fourth-order valence-electron chi connectivity index (χ4n) is 3.48. The number of rotatable bonds is 5. The molecule has 0 spiro atoms. The molecule has 0 atom stereocenters. The smallest absolute Gasteiger partial charge is 0.229 e. The first kappa shape index (κ1) is 19.2. The zero-order valence-electron chi connectivity index (χ0n) is 16.6. The lowest BCUT2D eigenvalue weighted by atomic mass is 9.96. The number of aromatic nitrogens is 4. The molecule has 7 nitrogen and oxygen atoms in total. The van der Waals surface area contributed by atoms with Crippen molar-refractivity contribution in [3.63, 3.8) is 0 Å². The minimum absolute atomic E-state index is 0.0126. The molecule has 3 heterocycles. The van der Waals surface area contributed by atoms with Gasteiger partial charge in [-0.25, -0.2) is 19.9 Å². The molecule has 2 aromatic rings. The molecule has 0 aromatic carbocycles. The van der Waals surface area contributed by atoms with Crippen LogP contribution in [0.25, 0.3) is 0 Å². The average molecular weight is 368 g/mol. The SMILES string of the molecule is Cc1nc(N2CCC(C(=O)Nc3ncccn3)CC2)nc(C)c1CC(C)C. The Morgan fingerprint density at radius 3 is 2.30 bits per heavy atom. The van der Waals surface area contributed by atoms with Gasteiger partial charge >= 0.3 is 0 Å². The first-order chi connectivity index (χ1) is 12.9. The molecule has 1 aliphatic rings. The molecule has 0 aliphatic carbocycles. The van der Waals surface area contributed by atoms with Crippen LogP contribution < -0.4 is 10.2 Å². The second kappa shape index (κ2) is 8.41. The van der Waals surface area contributed by atoms with Gasteiger partial charge < -0.3 is 4.90 Å². The molecule has 7 heteroatoms. The molecule has 3 rings (SSSR count). The number of nitrogens with one attached hydrogen (secondary N) is 1. The Labute approximate surface area is 160 Å². The third-order valence-corrected chi connectivity index (χ3v) is 4.97. The summed E-state index contributed by atoms with van der Waals surface area (Å²) in [6.07, 6.45) is 5.79. The van der Waals surface area contributed by atoms with Crippen LogP contribution in [-0.2, 0) is 11.2 Å². The van der Waals surface area contributed by atoms with Gasteiger partial charge in [0.15, 0.2) is 0 Å². The summed E-state index contributed by atoms with van der Waals surface area (Å²) in [5.74, 6) is 1.68. The standard InChI is InChI=1S/C20H28N6O/c1-13(2)12-17-14(3)23-20(24-15(17)4)26-10-6-16(7-11-26)18(27)25-19-21-8-5-9-22-19/h5,8-9,13,16H,6-7,10-12H2,1-4H3,(H,21,22,25,27). The Kier molecular flexibility index (Phi) is 5.98. The highest BCUT2D eigenvalue weighted by atomic mass is 16.2. The van der Waals surface area contributed by atoms with E-state index in [2.05, 4.69) is 47.9 Å². The first-order valence-electron chi connectivity index (χ1n) is 9.61. The maximum atomic E-state index is 12.4. The highest BCUT2D eigenvalue weighted by Crippen LogP contribution is 2.24. The molecule has 1 fully saturated rings. The number of nitrogens with zero attached hydrogens (tertiary/aromatic N) is 5. The van der Waals surface area contributed by atoms with E-state index in [4.69, 9.17) is 9.97 Å². The summed E-state index contributed by atoms with van der Waals surface area (Å²) in [5, 5.41) is 2.80. The van der Waals surface area contributed by atoms with Gasteiger partial charge in [0.05, 0.1) is 0 Å². The van der Waals surface area contributed by atoms with E-state index in [1.165, 1.54) is 5.56 Å². The predicted molar refractivity (Wildman–Crippen MR) is 106 cm³/mol. The van der Waals surface area contributed by atoms with E-state index in [-0.39, 0.29) is 11.8 Å². The minimum atomic E-state index is -0.0348. The van der Waals surface area contributed by atoms with Crippen molar-refractivity contribution in [1.82, 2.24) is 19.9 Å². The number of amides is 1. The number of piperidine rings is 1. The number of hydrogen-bond acceptors (Lipinski definition) is 6. The van der Waals surface area contributed by atoms with Crippen LogP contribution in [0.2, 0.25) is 0 Å². The van der Waals surface area contributed by atoms with Crippen LogP contribution in [0.15, 0.2) is 18.5 Å². The van der Waals surface area contributed by atoms with Crippen LogP contribution in [-0.4, -0.2) is 38.9 Å². The van der Waals surface area contributed by atoms with Gasteiger partial charge in [0, 0.05) is 42.8 Å². The quantitative estimate of drug-likeness (QED) is 0.873. The molecular weight excluding hydrogens is 340 g/mol. The summed E-state index contributed by atoms with van der Waals surface area (Å²) in [6.45, 7) is 10.1. The van der Waals surface area contributed by atoms with E-state index < -0.39 is 0 Å². The van der Waals surface area contributed by atoms with Gasteiger partial charge in [-0.05, 0) is 50.7 Å². The van der Waals surface area contributed by atoms with Crippen molar-refractivity contribution < 1.29 is 4.79 Å². The first-order valence-corrected chi connectivity index (χ1v) is 9.61. The molecule has 0 saturated carbocycles. The molecule has 1 N–H and O–H groups in total. The monoisotopic (exact) mass is 368 g/mol. The van der Waals surface area contributed by atoms with Crippen molar-refractivity contribution in [2.24, 2.45) is 11.8 Å². The summed E-state index contributed by atoms with van der Waals surface area (Å²) in [7, 11) is 0. The zero-order valence-corrected chi connectivity index (χ0v) is 16.6. The fourth-order valence-corrected chi connectivity index (χ4v) is 3.48. The van der Waals surface area contributed by atoms with Gasteiger partial charge in [-0.2, -0.15) is 0 Å². The van der Waals surface area contributed by atoms with Crippen molar-refractivity contribution in [3.05, 3.63) is 35.4 Å². The van der Waals surface area contributed by atoms with Crippen LogP contribution in [0, 0.1) is 25.7 Å². The molecule has 1 saturated heterocycles. The van der Waals surface area contributed by atoms with E-state index in [1.54, 1.807) is 18.5 Å². The highest BCUT2D eigenvalue weighted by molar-refractivity contribution is 5.91. The van der Waals surface area contributed by atoms with Gasteiger partial charge in [-0.3, -0.25) is 10.1 Å². The van der Waals surface area contributed by atoms with Gasteiger partial charge in [-0.15, -0.1) is 0 Å². The van der Waals surface area contributed by atoms with Crippen LogP contribution in [0.4, 0.5) is 11.9 Å². The van der Waals surface area contributed by atoms with Crippen molar-refractivity contribution >= 4 is 17.8 Å². The average Bonchev–Trinajstić information content (AvgIpc) is 2.65. The van der Waals surface area contributed by atoms with E-state index >= 15 is 0 Å². The summed E-state index contributed by atoms with van der Waals surface area (Å²) in [4.78, 5) is 32.2. The second-order valence-corrected chi connectivity index (χ2v) is 7.59. The predicted octanol–water partition coefficient (Wildman–Crippen LogP) is 2.94. The van der Waals surface area contributed by atoms with Crippen LogP contribution >= 0.6 is 0 Å². The molecule has 0 bridgehead atoms. The third-order valence-electron chi connectivity index (χ3n) is 4.97. The van der Waals surface area contributed by atoms with Crippen LogP contribution in [0.3, 0.4) is 0 Å². The number of anilines is 2. The lowest BCUT2D eigenvalue weighted by molar-refractivity contribution is -0.120. The van der Waals surface area contributed by atoms with Crippen molar-refractivity contribution in [2.75, 3.05) is 23.3 Å². The number of carbonyl (C=O) groups is 1. The topological polar surface area (TPSA) is 83.9 Å². The molecular formula is C20H28N6O. The van der Waals surface area contributed by atoms with E-state index in [1.807, 2.05) is 0 Å². The Morgan fingerprint density at radius 2 is 1.74 bits per heavy atom. The maximum Gasteiger partial charge on any atom is 0.229 e. The molecule has 0 unspecified atom stereocenters. The molecule has 1 amide bonds. The Balaban J connectivity index is 1.61. The lowest BCUT2D eigenvalue weighted by Crippen LogP contribution is -2.39. The number of aryl methyl sites for hydroxylation is 2. The second-order valence-electron chi connectivity index (χ2n) is 7.59. The molecule has 144 valence electrons. The van der Waals surface area contributed by atoms with E-state index in [0.29, 0.717) is 11.9 Å². The molecule has 2 aromatic heterocycles. The Hall–Kier alpha value is -2.57. The van der Waals surface area contributed by atoms with Crippen molar-refractivity contribution in [3.8, 4) is 0 Å². The van der Waals surface area contributed by atoms with Gasteiger partial charge in [-0.1, -0.05) is 13.8 Å². The molecule has 0 radical (unpaired) electrons. The summed E-state index contributed by atoms with van der Waals surface area (Å²) >= 11 is 0. The highest BCUT2D eigenvalue weighted by Gasteiger charge is 2.27. The molecule has 1 aliphatic heterocycles. The van der Waals surface area contributed by atoms with Gasteiger partial charge in [0.2, 0.25) is 17.8 Å². The Bertz CT molecular complexity index is 761. The fraction of sp³-hybridized carbons (Fsp3) is 0.550. The largest absolute Gasteiger partial charge is 0.341 e. The van der Waals surface area contributed by atoms with E-state index in [9.17, 15) is 4.79 Å².